The molecule has 27 heavy (non-hydrogen) atoms. The van der Waals surface area contributed by atoms with Gasteiger partial charge in [0.2, 0.25) is 0 Å². The topological polar surface area (TPSA) is 60.9 Å². The van der Waals surface area contributed by atoms with Gasteiger partial charge in [-0.05, 0) is 50.5 Å². The number of nitrogens with one attached hydrogen (secondary N) is 2. The number of nitrogens with zero attached hydrogens (tertiary/aromatic N) is 1. The molecule has 0 amide bonds. The lowest BCUT2D eigenvalue weighted by Gasteiger charge is -2.23. The summed E-state index contributed by atoms with van der Waals surface area (Å²) in [7, 11) is 0. The Morgan fingerprint density at radius 2 is 2.11 bits per heavy atom. The van der Waals surface area contributed by atoms with Crippen molar-refractivity contribution in [3.8, 4) is 0 Å². The molecule has 0 aliphatic rings. The van der Waals surface area contributed by atoms with E-state index in [1.807, 2.05) is 24.5 Å². The number of hydrogen-bond donors (Lipinski definition) is 3. The van der Waals surface area contributed by atoms with Crippen LogP contribution in [0.25, 0.3) is 10.9 Å². The van der Waals surface area contributed by atoms with Crippen molar-refractivity contribution in [3.63, 3.8) is 0 Å². The van der Waals surface area contributed by atoms with E-state index in [4.69, 9.17) is 11.6 Å². The Balaban J connectivity index is 2.10. The van der Waals surface area contributed by atoms with Gasteiger partial charge in [-0.3, -0.25) is 5.10 Å². The van der Waals surface area contributed by atoms with E-state index in [1.165, 1.54) is 18.0 Å². The standard InChI is InChI=1S/C20H23ClFN3OS/c1-20(2,26)10-9-14(13-8-7-12(21)11-16(13)22)18-15-5-4-6-17(25-27-3)19(15)24-23-18/h4-8,11,14,25-26H,9-10H2,1-3H3,(H,23,24). The molecule has 144 valence electrons. The van der Waals surface area contributed by atoms with E-state index in [0.717, 1.165) is 22.3 Å². The molecule has 0 aliphatic carbocycles. The van der Waals surface area contributed by atoms with Gasteiger partial charge >= 0.3 is 0 Å². The maximum absolute atomic E-state index is 14.7. The maximum atomic E-state index is 14.7. The first-order valence-electron chi connectivity index (χ1n) is 8.73. The minimum absolute atomic E-state index is 0.275. The van der Waals surface area contributed by atoms with Gasteiger partial charge in [0.25, 0.3) is 0 Å². The van der Waals surface area contributed by atoms with Crippen molar-refractivity contribution in [2.24, 2.45) is 0 Å². The molecule has 1 heterocycles. The van der Waals surface area contributed by atoms with Gasteiger partial charge in [-0.1, -0.05) is 41.7 Å². The Morgan fingerprint density at radius 3 is 2.78 bits per heavy atom. The van der Waals surface area contributed by atoms with Crippen LogP contribution in [0.2, 0.25) is 5.02 Å². The van der Waals surface area contributed by atoms with E-state index in [1.54, 1.807) is 26.0 Å². The molecule has 2 aromatic carbocycles. The van der Waals surface area contributed by atoms with Crippen LogP contribution in [0.1, 0.15) is 43.9 Å². The first-order chi connectivity index (χ1) is 12.8. The minimum atomic E-state index is -0.845. The summed E-state index contributed by atoms with van der Waals surface area (Å²) in [4.78, 5) is 0. The van der Waals surface area contributed by atoms with E-state index in [2.05, 4.69) is 14.9 Å². The highest BCUT2D eigenvalue weighted by molar-refractivity contribution is 7.99. The molecule has 3 aromatic rings. The lowest BCUT2D eigenvalue weighted by Crippen LogP contribution is -2.20. The van der Waals surface area contributed by atoms with E-state index in [0.29, 0.717) is 23.4 Å². The molecule has 3 rings (SSSR count). The normalized spacial score (nSPS) is 13.1. The maximum Gasteiger partial charge on any atom is 0.128 e. The summed E-state index contributed by atoms with van der Waals surface area (Å²) < 4.78 is 17.9. The molecular formula is C20H23ClFN3OS. The number of para-hydroxylation sites is 1. The highest BCUT2D eigenvalue weighted by Gasteiger charge is 2.25. The van der Waals surface area contributed by atoms with Crippen LogP contribution in [0, 0.1) is 5.82 Å². The first-order valence-corrected chi connectivity index (χ1v) is 10.3. The van der Waals surface area contributed by atoms with Crippen molar-refractivity contribution >= 4 is 40.1 Å². The zero-order valence-electron chi connectivity index (χ0n) is 15.5. The van der Waals surface area contributed by atoms with Crippen molar-refractivity contribution in [2.75, 3.05) is 11.0 Å². The number of rotatable bonds is 7. The Morgan fingerprint density at radius 1 is 1.33 bits per heavy atom. The van der Waals surface area contributed by atoms with Gasteiger partial charge in [-0.2, -0.15) is 5.10 Å². The second kappa shape index (κ2) is 8.09. The zero-order valence-corrected chi connectivity index (χ0v) is 17.1. The molecule has 1 unspecified atom stereocenters. The predicted molar refractivity (Wildman–Crippen MR) is 112 cm³/mol. The van der Waals surface area contributed by atoms with E-state index in [9.17, 15) is 9.50 Å². The van der Waals surface area contributed by atoms with Crippen molar-refractivity contribution < 1.29 is 9.50 Å². The summed E-state index contributed by atoms with van der Waals surface area (Å²) in [6, 6.07) is 10.6. The average molecular weight is 408 g/mol. The fourth-order valence-corrected chi connectivity index (χ4v) is 3.80. The third-order valence-corrected chi connectivity index (χ3v) is 5.22. The summed E-state index contributed by atoms with van der Waals surface area (Å²) in [6.07, 6.45) is 3.03. The van der Waals surface area contributed by atoms with Crippen LogP contribution in [-0.2, 0) is 0 Å². The van der Waals surface area contributed by atoms with Gasteiger partial charge in [0.1, 0.15) is 11.3 Å². The summed E-state index contributed by atoms with van der Waals surface area (Å²) >= 11 is 7.43. The van der Waals surface area contributed by atoms with E-state index in [-0.39, 0.29) is 11.7 Å². The number of fused-ring (bicyclic) bond motifs is 1. The molecule has 4 nitrogen and oxygen atoms in total. The van der Waals surface area contributed by atoms with Crippen LogP contribution < -0.4 is 4.72 Å². The third-order valence-electron chi connectivity index (χ3n) is 4.56. The molecule has 0 saturated heterocycles. The Kier molecular flexibility index (Phi) is 5.99. The van der Waals surface area contributed by atoms with Crippen LogP contribution in [0.5, 0.6) is 0 Å². The number of H-pyrrole nitrogens is 1. The molecule has 0 spiro atoms. The van der Waals surface area contributed by atoms with Gasteiger partial charge in [0, 0.05) is 22.6 Å². The molecule has 1 atom stereocenters. The Bertz CT molecular complexity index is 939. The molecule has 0 fully saturated rings. The van der Waals surface area contributed by atoms with Gasteiger partial charge in [-0.25, -0.2) is 4.39 Å². The number of aromatic nitrogens is 2. The van der Waals surface area contributed by atoms with Gasteiger partial charge in [-0.15, -0.1) is 0 Å². The van der Waals surface area contributed by atoms with Crippen LogP contribution in [0.3, 0.4) is 0 Å². The molecule has 0 bridgehead atoms. The smallest absolute Gasteiger partial charge is 0.128 e. The Hall–Kier alpha value is -1.76. The van der Waals surface area contributed by atoms with Crippen molar-refractivity contribution in [3.05, 3.63) is 58.5 Å². The van der Waals surface area contributed by atoms with Crippen molar-refractivity contribution in [1.29, 1.82) is 0 Å². The molecule has 1 aromatic heterocycles. The minimum Gasteiger partial charge on any atom is -0.390 e. The van der Waals surface area contributed by atoms with Gasteiger partial charge < -0.3 is 9.83 Å². The Labute approximate surface area is 167 Å². The number of aromatic amines is 1. The molecule has 0 aliphatic heterocycles. The van der Waals surface area contributed by atoms with Crippen molar-refractivity contribution in [1.82, 2.24) is 10.2 Å². The fourth-order valence-electron chi connectivity index (χ4n) is 3.25. The average Bonchev–Trinajstić information content (AvgIpc) is 3.01. The van der Waals surface area contributed by atoms with Crippen LogP contribution in [0.15, 0.2) is 36.4 Å². The molecule has 0 saturated carbocycles. The predicted octanol–water partition coefficient (Wildman–Crippen LogP) is 5.73. The molecule has 3 N–H and O–H groups in total. The summed E-state index contributed by atoms with van der Waals surface area (Å²) in [5, 5.41) is 19.1. The molecular weight excluding hydrogens is 385 g/mol. The molecule has 0 radical (unpaired) electrons. The highest BCUT2D eigenvalue weighted by Crippen LogP contribution is 2.37. The zero-order chi connectivity index (χ0) is 19.6. The number of anilines is 1. The summed E-state index contributed by atoms with van der Waals surface area (Å²) in [5.41, 5.74) is 2.24. The van der Waals surface area contributed by atoms with Crippen LogP contribution >= 0.6 is 23.5 Å². The molecule has 7 heteroatoms. The largest absolute Gasteiger partial charge is 0.390 e. The lowest BCUT2D eigenvalue weighted by atomic mass is 9.86. The number of halogens is 2. The van der Waals surface area contributed by atoms with Crippen LogP contribution in [0.4, 0.5) is 10.1 Å². The number of benzene rings is 2. The summed E-state index contributed by atoms with van der Waals surface area (Å²) in [5.74, 6) is -0.632. The quantitative estimate of drug-likeness (QED) is 0.438. The SMILES string of the molecule is CSNc1cccc2c(C(CCC(C)(C)O)c3ccc(Cl)cc3F)[nH]nc12. The second-order valence-electron chi connectivity index (χ2n) is 7.21. The third kappa shape index (κ3) is 4.57. The van der Waals surface area contributed by atoms with Crippen molar-refractivity contribution in [2.45, 2.75) is 38.2 Å². The summed E-state index contributed by atoms with van der Waals surface area (Å²) in [6.45, 7) is 3.52. The number of aliphatic hydroxyl groups is 1. The van der Waals surface area contributed by atoms with E-state index < -0.39 is 5.60 Å². The number of hydrogen-bond acceptors (Lipinski definition) is 4. The first kappa shape index (κ1) is 20.0. The van der Waals surface area contributed by atoms with E-state index >= 15 is 0 Å². The monoisotopic (exact) mass is 407 g/mol. The van der Waals surface area contributed by atoms with Gasteiger partial charge in [0.15, 0.2) is 0 Å². The second-order valence-corrected chi connectivity index (χ2v) is 8.26. The highest BCUT2D eigenvalue weighted by atomic mass is 35.5. The fraction of sp³-hybridized carbons (Fsp3) is 0.350. The van der Waals surface area contributed by atoms with Gasteiger partial charge in [0.05, 0.1) is 17.0 Å². The van der Waals surface area contributed by atoms with Crippen LogP contribution in [-0.4, -0.2) is 27.2 Å². The lowest BCUT2D eigenvalue weighted by molar-refractivity contribution is 0.0674.